The zero-order valence-electron chi connectivity index (χ0n) is 10.5. The maximum atomic E-state index is 11.9. The van der Waals surface area contributed by atoms with Crippen molar-refractivity contribution in [2.45, 2.75) is 33.4 Å². The molecule has 96 valence electrons. The van der Waals surface area contributed by atoms with Crippen molar-refractivity contribution in [3.05, 3.63) is 28.5 Å². The molecule has 0 bridgehead atoms. The van der Waals surface area contributed by atoms with Crippen LogP contribution in [0.3, 0.4) is 0 Å². The molecule has 1 amide bonds. The van der Waals surface area contributed by atoms with E-state index in [9.17, 15) is 4.79 Å². The average molecular weight is 265 g/mol. The van der Waals surface area contributed by atoms with Gasteiger partial charge in [-0.3, -0.25) is 9.48 Å². The number of aromatic nitrogens is 4. The standard InChI is InChI=1S/C11H15N5OS/c1-7(2)16-5-4-9(14-16)11(17)12-6-10-8(3)13-15-18-10/h4-5,7H,6H2,1-3H3,(H,12,17). The van der Waals surface area contributed by atoms with Gasteiger partial charge < -0.3 is 5.32 Å². The number of hydrogen-bond donors (Lipinski definition) is 1. The van der Waals surface area contributed by atoms with E-state index in [2.05, 4.69) is 20.0 Å². The summed E-state index contributed by atoms with van der Waals surface area (Å²) in [4.78, 5) is 12.8. The number of amides is 1. The lowest BCUT2D eigenvalue weighted by atomic mass is 10.3. The predicted molar refractivity (Wildman–Crippen MR) is 68.4 cm³/mol. The molecule has 7 heteroatoms. The van der Waals surface area contributed by atoms with Crippen LogP contribution in [-0.4, -0.2) is 25.3 Å². The minimum Gasteiger partial charge on any atom is -0.346 e. The summed E-state index contributed by atoms with van der Waals surface area (Å²) in [5.74, 6) is -0.179. The van der Waals surface area contributed by atoms with Crippen LogP contribution in [0.15, 0.2) is 12.3 Å². The van der Waals surface area contributed by atoms with E-state index in [0.29, 0.717) is 12.2 Å². The summed E-state index contributed by atoms with van der Waals surface area (Å²) in [6.07, 6.45) is 1.80. The van der Waals surface area contributed by atoms with Gasteiger partial charge in [-0.1, -0.05) is 4.49 Å². The van der Waals surface area contributed by atoms with E-state index >= 15 is 0 Å². The Labute approximate surface area is 109 Å². The van der Waals surface area contributed by atoms with E-state index < -0.39 is 0 Å². The third-order valence-electron chi connectivity index (χ3n) is 2.52. The largest absolute Gasteiger partial charge is 0.346 e. The molecule has 0 fully saturated rings. The fourth-order valence-electron chi connectivity index (χ4n) is 1.41. The van der Waals surface area contributed by atoms with Crippen LogP contribution in [0, 0.1) is 6.92 Å². The molecule has 0 saturated heterocycles. The van der Waals surface area contributed by atoms with Crippen molar-refractivity contribution in [1.29, 1.82) is 0 Å². The Hall–Kier alpha value is -1.76. The molecule has 2 aromatic rings. The van der Waals surface area contributed by atoms with E-state index in [1.165, 1.54) is 11.5 Å². The van der Waals surface area contributed by atoms with Gasteiger partial charge in [0.15, 0.2) is 0 Å². The fraction of sp³-hybridized carbons (Fsp3) is 0.455. The molecule has 2 rings (SSSR count). The number of nitrogens with zero attached hydrogens (tertiary/aromatic N) is 4. The molecule has 0 saturated carbocycles. The van der Waals surface area contributed by atoms with E-state index in [0.717, 1.165) is 10.6 Å². The van der Waals surface area contributed by atoms with Crippen molar-refractivity contribution >= 4 is 17.4 Å². The van der Waals surface area contributed by atoms with Gasteiger partial charge in [0.25, 0.3) is 5.91 Å². The van der Waals surface area contributed by atoms with Crippen molar-refractivity contribution in [2.24, 2.45) is 0 Å². The summed E-state index contributed by atoms with van der Waals surface area (Å²) in [6.45, 7) is 6.34. The van der Waals surface area contributed by atoms with Crippen molar-refractivity contribution in [2.75, 3.05) is 0 Å². The quantitative estimate of drug-likeness (QED) is 0.910. The first kappa shape index (κ1) is 12.7. The fourth-order valence-corrected chi connectivity index (χ4v) is 1.98. The number of hydrogen-bond acceptors (Lipinski definition) is 5. The Morgan fingerprint density at radius 1 is 1.56 bits per heavy atom. The lowest BCUT2D eigenvalue weighted by Crippen LogP contribution is -2.23. The van der Waals surface area contributed by atoms with Crippen LogP contribution in [0.2, 0.25) is 0 Å². The van der Waals surface area contributed by atoms with Gasteiger partial charge >= 0.3 is 0 Å². The lowest BCUT2D eigenvalue weighted by Gasteiger charge is -2.04. The SMILES string of the molecule is Cc1nnsc1CNC(=O)c1ccn(C(C)C)n1. The minimum absolute atomic E-state index is 0.179. The highest BCUT2D eigenvalue weighted by Gasteiger charge is 2.11. The number of carbonyl (C=O) groups is 1. The van der Waals surface area contributed by atoms with Crippen LogP contribution < -0.4 is 5.32 Å². The van der Waals surface area contributed by atoms with Gasteiger partial charge in [0.05, 0.1) is 17.1 Å². The Morgan fingerprint density at radius 3 is 2.89 bits per heavy atom. The molecule has 0 aliphatic carbocycles. The number of nitrogens with one attached hydrogen (secondary N) is 1. The summed E-state index contributed by atoms with van der Waals surface area (Å²) in [5, 5.41) is 10.9. The van der Waals surface area contributed by atoms with Gasteiger partial charge in [-0.15, -0.1) is 5.10 Å². The molecule has 0 unspecified atom stereocenters. The van der Waals surface area contributed by atoms with Gasteiger partial charge in [0.1, 0.15) is 5.69 Å². The summed E-state index contributed by atoms with van der Waals surface area (Å²) in [6, 6.07) is 1.96. The topological polar surface area (TPSA) is 72.7 Å². The first-order valence-electron chi connectivity index (χ1n) is 5.69. The van der Waals surface area contributed by atoms with E-state index in [-0.39, 0.29) is 11.9 Å². The maximum Gasteiger partial charge on any atom is 0.272 e. The predicted octanol–water partition coefficient (Wildman–Crippen LogP) is 1.55. The normalized spacial score (nSPS) is 10.9. The molecule has 0 spiro atoms. The second kappa shape index (κ2) is 5.26. The van der Waals surface area contributed by atoms with Crippen molar-refractivity contribution < 1.29 is 4.79 Å². The highest BCUT2D eigenvalue weighted by molar-refractivity contribution is 7.05. The molecule has 6 nitrogen and oxygen atoms in total. The summed E-state index contributed by atoms with van der Waals surface area (Å²) in [5.41, 5.74) is 1.28. The smallest absolute Gasteiger partial charge is 0.272 e. The zero-order chi connectivity index (χ0) is 13.1. The maximum absolute atomic E-state index is 11.9. The molecule has 2 heterocycles. The van der Waals surface area contributed by atoms with Crippen LogP contribution in [-0.2, 0) is 6.54 Å². The van der Waals surface area contributed by atoms with Crippen LogP contribution in [0.4, 0.5) is 0 Å². The van der Waals surface area contributed by atoms with Gasteiger partial charge in [-0.05, 0) is 38.4 Å². The van der Waals surface area contributed by atoms with E-state index in [1.54, 1.807) is 16.9 Å². The van der Waals surface area contributed by atoms with Crippen molar-refractivity contribution in [3.8, 4) is 0 Å². The summed E-state index contributed by atoms with van der Waals surface area (Å²) < 4.78 is 5.58. The Balaban J connectivity index is 1.97. The van der Waals surface area contributed by atoms with Crippen LogP contribution in [0.1, 0.15) is 40.9 Å². The number of carbonyl (C=O) groups excluding carboxylic acids is 1. The molecule has 0 radical (unpaired) electrons. The van der Waals surface area contributed by atoms with Crippen molar-refractivity contribution in [3.63, 3.8) is 0 Å². The molecule has 0 aliphatic heterocycles. The Kier molecular flexibility index (Phi) is 3.71. The van der Waals surface area contributed by atoms with Crippen LogP contribution >= 0.6 is 11.5 Å². The first-order chi connectivity index (χ1) is 8.58. The van der Waals surface area contributed by atoms with E-state index in [1.807, 2.05) is 20.8 Å². The second-order valence-corrected chi connectivity index (χ2v) is 5.08. The monoisotopic (exact) mass is 265 g/mol. The molecule has 1 N–H and O–H groups in total. The van der Waals surface area contributed by atoms with Gasteiger partial charge in [0.2, 0.25) is 0 Å². The average Bonchev–Trinajstić information content (AvgIpc) is 2.94. The molecule has 2 aromatic heterocycles. The molecule has 0 aliphatic rings. The van der Waals surface area contributed by atoms with Crippen LogP contribution in [0.5, 0.6) is 0 Å². The highest BCUT2D eigenvalue weighted by atomic mass is 32.1. The van der Waals surface area contributed by atoms with Crippen LogP contribution in [0.25, 0.3) is 0 Å². The number of rotatable bonds is 4. The van der Waals surface area contributed by atoms with Crippen molar-refractivity contribution in [1.82, 2.24) is 24.7 Å². The number of aryl methyl sites for hydroxylation is 1. The molecule has 0 atom stereocenters. The van der Waals surface area contributed by atoms with Gasteiger partial charge in [0, 0.05) is 12.2 Å². The third kappa shape index (κ3) is 2.73. The molecule has 0 aromatic carbocycles. The third-order valence-corrected chi connectivity index (χ3v) is 3.35. The lowest BCUT2D eigenvalue weighted by molar-refractivity contribution is 0.0945. The molecular weight excluding hydrogens is 250 g/mol. The van der Waals surface area contributed by atoms with E-state index in [4.69, 9.17) is 0 Å². The second-order valence-electron chi connectivity index (χ2n) is 4.24. The zero-order valence-corrected chi connectivity index (χ0v) is 11.4. The minimum atomic E-state index is -0.179. The molecular formula is C11H15N5OS. The summed E-state index contributed by atoms with van der Waals surface area (Å²) >= 11 is 1.30. The Morgan fingerprint density at radius 2 is 2.33 bits per heavy atom. The summed E-state index contributed by atoms with van der Waals surface area (Å²) in [7, 11) is 0. The molecule has 18 heavy (non-hydrogen) atoms. The Bertz CT molecular complexity index is 545. The van der Waals surface area contributed by atoms with Gasteiger partial charge in [-0.2, -0.15) is 5.10 Å². The van der Waals surface area contributed by atoms with Gasteiger partial charge in [-0.25, -0.2) is 0 Å². The first-order valence-corrected chi connectivity index (χ1v) is 6.46. The highest BCUT2D eigenvalue weighted by Crippen LogP contribution is 2.09.